The lowest BCUT2D eigenvalue weighted by atomic mass is 10.1. The van der Waals surface area contributed by atoms with Crippen LogP contribution in [-0.2, 0) is 14.3 Å². The molecule has 112 valence electrons. The number of carbonyl (C=O) groups is 2. The second kappa shape index (κ2) is 7.33. The summed E-state index contributed by atoms with van der Waals surface area (Å²) in [5, 5.41) is 1.17. The number of carbonyl (C=O) groups excluding carboxylic acids is 2. The summed E-state index contributed by atoms with van der Waals surface area (Å²) >= 11 is 0. The first-order valence-corrected chi connectivity index (χ1v) is 6.48. The van der Waals surface area contributed by atoms with E-state index in [1.165, 1.54) is 12.1 Å². The highest BCUT2D eigenvalue weighted by molar-refractivity contribution is 5.76. The molecule has 0 aliphatic rings. The molecule has 19 heavy (non-hydrogen) atoms. The first kappa shape index (κ1) is 17.7. The van der Waals surface area contributed by atoms with E-state index in [0.29, 0.717) is 6.61 Å². The lowest BCUT2D eigenvalue weighted by Crippen LogP contribution is -2.53. The number of rotatable bonds is 5. The van der Waals surface area contributed by atoms with Crippen LogP contribution >= 0.6 is 0 Å². The maximum absolute atomic E-state index is 11.8. The van der Waals surface area contributed by atoms with Crippen molar-refractivity contribution in [2.75, 3.05) is 13.7 Å². The SMILES string of the molecule is CCOC(=O)C(NN(C)C(=O)OC(C)(C)C)C(C)C. The fraction of sp³-hybridized carbons (Fsp3) is 0.846. The summed E-state index contributed by atoms with van der Waals surface area (Å²) in [6.07, 6.45) is -0.539. The van der Waals surface area contributed by atoms with E-state index in [9.17, 15) is 9.59 Å². The molecular formula is C13H26N2O4. The summed E-state index contributed by atoms with van der Waals surface area (Å²) in [7, 11) is 1.52. The van der Waals surface area contributed by atoms with Gasteiger partial charge < -0.3 is 9.47 Å². The van der Waals surface area contributed by atoms with Crippen LogP contribution in [0.1, 0.15) is 41.5 Å². The molecule has 0 aromatic carbocycles. The van der Waals surface area contributed by atoms with Crippen LogP contribution in [0.2, 0.25) is 0 Å². The average molecular weight is 274 g/mol. The molecule has 0 aromatic rings. The molecule has 1 N–H and O–H groups in total. The van der Waals surface area contributed by atoms with Crippen LogP contribution in [0.4, 0.5) is 4.79 Å². The standard InChI is InChI=1S/C13H26N2O4/c1-8-18-11(16)10(9(2)3)14-15(7)12(17)19-13(4,5)6/h9-10,14H,8H2,1-7H3. The van der Waals surface area contributed by atoms with Crippen LogP contribution in [0.5, 0.6) is 0 Å². The molecule has 0 bridgehead atoms. The van der Waals surface area contributed by atoms with Gasteiger partial charge in [-0.3, -0.25) is 4.79 Å². The van der Waals surface area contributed by atoms with Gasteiger partial charge in [-0.05, 0) is 33.6 Å². The first-order valence-electron chi connectivity index (χ1n) is 6.48. The van der Waals surface area contributed by atoms with Crippen molar-refractivity contribution in [3.8, 4) is 0 Å². The van der Waals surface area contributed by atoms with Gasteiger partial charge in [0, 0.05) is 7.05 Å². The van der Waals surface area contributed by atoms with Gasteiger partial charge in [0.2, 0.25) is 0 Å². The zero-order valence-electron chi connectivity index (χ0n) is 12.9. The normalized spacial score (nSPS) is 13.1. The molecule has 0 radical (unpaired) electrons. The second-order valence-corrected chi connectivity index (χ2v) is 5.64. The van der Waals surface area contributed by atoms with Crippen molar-refractivity contribution in [2.45, 2.75) is 53.2 Å². The van der Waals surface area contributed by atoms with E-state index in [4.69, 9.17) is 9.47 Å². The van der Waals surface area contributed by atoms with Crippen LogP contribution in [0.3, 0.4) is 0 Å². The number of esters is 1. The molecule has 0 fully saturated rings. The number of nitrogens with zero attached hydrogens (tertiary/aromatic N) is 1. The zero-order chi connectivity index (χ0) is 15.2. The Labute approximate surface area is 115 Å². The van der Waals surface area contributed by atoms with Gasteiger partial charge in [0.15, 0.2) is 0 Å². The van der Waals surface area contributed by atoms with Crippen LogP contribution < -0.4 is 5.43 Å². The highest BCUT2D eigenvalue weighted by Crippen LogP contribution is 2.10. The molecule has 6 heteroatoms. The smallest absolute Gasteiger partial charge is 0.424 e. The minimum absolute atomic E-state index is 0.0102. The van der Waals surface area contributed by atoms with Gasteiger partial charge in [-0.25, -0.2) is 15.2 Å². The minimum Gasteiger partial charge on any atom is -0.465 e. The van der Waals surface area contributed by atoms with E-state index in [-0.39, 0.29) is 11.9 Å². The van der Waals surface area contributed by atoms with E-state index in [1.807, 2.05) is 13.8 Å². The summed E-state index contributed by atoms with van der Waals surface area (Å²) in [5.74, 6) is -0.392. The Kier molecular flexibility index (Phi) is 6.83. The van der Waals surface area contributed by atoms with Crippen molar-refractivity contribution in [3.05, 3.63) is 0 Å². The van der Waals surface area contributed by atoms with Gasteiger partial charge in [-0.1, -0.05) is 13.8 Å². The lowest BCUT2D eigenvalue weighted by molar-refractivity contribution is -0.148. The summed E-state index contributed by atoms with van der Waals surface area (Å²) in [4.78, 5) is 23.6. The Hall–Kier alpha value is -1.30. The molecule has 1 atom stereocenters. The van der Waals surface area contributed by atoms with Gasteiger partial charge in [-0.15, -0.1) is 0 Å². The van der Waals surface area contributed by atoms with Gasteiger partial charge in [-0.2, -0.15) is 0 Å². The van der Waals surface area contributed by atoms with Crippen molar-refractivity contribution in [2.24, 2.45) is 5.92 Å². The largest absolute Gasteiger partial charge is 0.465 e. The number of amides is 1. The van der Waals surface area contributed by atoms with E-state index in [0.717, 1.165) is 0 Å². The molecule has 0 aliphatic heterocycles. The Bertz CT molecular complexity index is 310. The number of hydrogen-bond acceptors (Lipinski definition) is 5. The summed E-state index contributed by atoms with van der Waals surface area (Å²) in [5.41, 5.74) is 2.23. The average Bonchev–Trinajstić information content (AvgIpc) is 2.22. The third-order valence-electron chi connectivity index (χ3n) is 2.21. The number of nitrogens with one attached hydrogen (secondary N) is 1. The van der Waals surface area contributed by atoms with Crippen LogP contribution in [-0.4, -0.2) is 42.4 Å². The number of ether oxygens (including phenoxy) is 2. The van der Waals surface area contributed by atoms with Gasteiger partial charge in [0.1, 0.15) is 11.6 Å². The Balaban J connectivity index is 4.59. The van der Waals surface area contributed by atoms with Crippen molar-refractivity contribution >= 4 is 12.1 Å². The molecule has 0 spiro atoms. The highest BCUT2D eigenvalue weighted by atomic mass is 16.6. The van der Waals surface area contributed by atoms with Crippen molar-refractivity contribution in [1.29, 1.82) is 0 Å². The van der Waals surface area contributed by atoms with E-state index in [1.54, 1.807) is 27.7 Å². The molecule has 0 heterocycles. The molecule has 0 saturated heterocycles. The molecule has 0 rings (SSSR count). The quantitative estimate of drug-likeness (QED) is 0.613. The Morgan fingerprint density at radius 1 is 1.26 bits per heavy atom. The molecular weight excluding hydrogens is 248 g/mol. The maximum Gasteiger partial charge on any atom is 0.424 e. The minimum atomic E-state index is -0.586. The molecule has 1 amide bonds. The molecule has 0 aliphatic carbocycles. The highest BCUT2D eigenvalue weighted by Gasteiger charge is 2.28. The molecule has 0 saturated carbocycles. The summed E-state index contributed by atoms with van der Waals surface area (Å²) in [6.45, 7) is 11.1. The van der Waals surface area contributed by atoms with Crippen LogP contribution in [0, 0.1) is 5.92 Å². The third kappa shape index (κ3) is 7.00. The molecule has 0 aromatic heterocycles. The van der Waals surface area contributed by atoms with Crippen molar-refractivity contribution in [3.63, 3.8) is 0 Å². The van der Waals surface area contributed by atoms with Crippen molar-refractivity contribution < 1.29 is 19.1 Å². The van der Waals surface area contributed by atoms with E-state index < -0.39 is 17.7 Å². The van der Waals surface area contributed by atoms with Crippen LogP contribution in [0.25, 0.3) is 0 Å². The lowest BCUT2D eigenvalue weighted by Gasteiger charge is -2.29. The maximum atomic E-state index is 11.8. The van der Waals surface area contributed by atoms with E-state index in [2.05, 4.69) is 5.43 Å². The van der Waals surface area contributed by atoms with E-state index >= 15 is 0 Å². The van der Waals surface area contributed by atoms with Crippen LogP contribution in [0.15, 0.2) is 0 Å². The fourth-order valence-electron chi connectivity index (χ4n) is 1.30. The van der Waals surface area contributed by atoms with Gasteiger partial charge in [0.05, 0.1) is 6.61 Å². The van der Waals surface area contributed by atoms with Gasteiger partial charge >= 0.3 is 12.1 Å². The molecule has 6 nitrogen and oxygen atoms in total. The topological polar surface area (TPSA) is 67.9 Å². The number of hydrazine groups is 1. The fourth-order valence-corrected chi connectivity index (χ4v) is 1.30. The third-order valence-corrected chi connectivity index (χ3v) is 2.21. The number of hydrogen-bond donors (Lipinski definition) is 1. The predicted molar refractivity (Wildman–Crippen MR) is 72.4 cm³/mol. The molecule has 1 unspecified atom stereocenters. The first-order chi connectivity index (χ1) is 8.58. The zero-order valence-corrected chi connectivity index (χ0v) is 12.9. The van der Waals surface area contributed by atoms with Crippen molar-refractivity contribution in [1.82, 2.24) is 10.4 Å². The monoisotopic (exact) mass is 274 g/mol. The second-order valence-electron chi connectivity index (χ2n) is 5.64. The van der Waals surface area contributed by atoms with Gasteiger partial charge in [0.25, 0.3) is 0 Å². The Morgan fingerprint density at radius 2 is 1.79 bits per heavy atom. The summed E-state index contributed by atoms with van der Waals surface area (Å²) in [6, 6.07) is -0.586. The Morgan fingerprint density at radius 3 is 2.16 bits per heavy atom. The summed E-state index contributed by atoms with van der Waals surface area (Å²) < 4.78 is 10.2. The predicted octanol–water partition coefficient (Wildman–Crippen LogP) is 1.95.